The Kier molecular flexibility index (Phi) is 5.54. The molecule has 3 aromatic rings. The first-order chi connectivity index (χ1) is 13.6. The third-order valence-corrected chi connectivity index (χ3v) is 5.14. The van der Waals surface area contributed by atoms with Gasteiger partial charge in [-0.25, -0.2) is 9.37 Å². The summed E-state index contributed by atoms with van der Waals surface area (Å²) in [6.45, 7) is 1.75. The number of hydrogen-bond acceptors (Lipinski definition) is 6. The van der Waals surface area contributed by atoms with E-state index in [1.165, 1.54) is 6.20 Å². The predicted molar refractivity (Wildman–Crippen MR) is 104 cm³/mol. The van der Waals surface area contributed by atoms with Crippen LogP contribution in [0.2, 0.25) is 5.15 Å². The Hall–Kier alpha value is -2.51. The highest BCUT2D eigenvalue weighted by Gasteiger charge is 2.23. The Morgan fingerprint density at radius 2 is 2.04 bits per heavy atom. The van der Waals surface area contributed by atoms with Crippen molar-refractivity contribution in [2.75, 3.05) is 20.2 Å². The van der Waals surface area contributed by atoms with Gasteiger partial charge in [0.1, 0.15) is 18.7 Å². The number of halogens is 2. The average Bonchev–Trinajstić information content (AvgIpc) is 3.13. The van der Waals surface area contributed by atoms with E-state index in [2.05, 4.69) is 26.9 Å². The van der Waals surface area contributed by atoms with E-state index in [0.717, 1.165) is 24.9 Å². The number of nitrogens with zero attached hydrogens (tertiary/aromatic N) is 4. The zero-order chi connectivity index (χ0) is 19.5. The number of ether oxygens (including phenoxy) is 2. The molecular formula is C20H20ClFN4O2. The fourth-order valence-corrected chi connectivity index (χ4v) is 3.39. The van der Waals surface area contributed by atoms with Crippen LogP contribution in [0, 0.1) is 5.82 Å². The normalized spacial score (nSPS) is 17.2. The molecule has 0 unspecified atom stereocenters. The molecule has 0 N–H and O–H groups in total. The van der Waals surface area contributed by atoms with Crippen LogP contribution in [0.5, 0.6) is 11.9 Å². The lowest BCUT2D eigenvalue weighted by Gasteiger charge is -2.19. The van der Waals surface area contributed by atoms with E-state index < -0.39 is 5.82 Å². The van der Waals surface area contributed by atoms with Crippen molar-refractivity contribution in [1.82, 2.24) is 19.9 Å². The van der Waals surface area contributed by atoms with Crippen LogP contribution in [0.3, 0.4) is 0 Å². The molecule has 4 rings (SSSR count). The Morgan fingerprint density at radius 1 is 1.21 bits per heavy atom. The van der Waals surface area contributed by atoms with Gasteiger partial charge in [0.05, 0.1) is 5.39 Å². The molecule has 0 amide bonds. The Morgan fingerprint density at radius 3 is 2.79 bits per heavy atom. The van der Waals surface area contributed by atoms with Gasteiger partial charge in [-0.05, 0) is 32.0 Å². The number of pyridine rings is 1. The largest absolute Gasteiger partial charge is 0.472 e. The summed E-state index contributed by atoms with van der Waals surface area (Å²) < 4.78 is 26.1. The predicted octanol–water partition coefficient (Wildman–Crippen LogP) is 3.87. The van der Waals surface area contributed by atoms with Crippen molar-refractivity contribution in [1.29, 1.82) is 0 Å². The second-order valence-electron chi connectivity index (χ2n) is 6.80. The smallest absolute Gasteiger partial charge is 0.320 e. The minimum Gasteiger partial charge on any atom is -0.472 e. The molecule has 0 aliphatic carbocycles. The molecule has 1 aromatic carbocycles. The molecule has 0 spiro atoms. The second-order valence-corrected chi connectivity index (χ2v) is 7.16. The number of rotatable bonds is 6. The first-order valence-corrected chi connectivity index (χ1v) is 9.51. The Bertz CT molecular complexity index is 973. The molecule has 0 bridgehead atoms. The summed E-state index contributed by atoms with van der Waals surface area (Å²) in [4.78, 5) is 14.6. The van der Waals surface area contributed by atoms with E-state index >= 15 is 0 Å². The van der Waals surface area contributed by atoms with Gasteiger partial charge in [0.15, 0.2) is 11.0 Å². The molecule has 1 atom stereocenters. The lowest BCUT2D eigenvalue weighted by Crippen LogP contribution is -2.30. The zero-order valence-corrected chi connectivity index (χ0v) is 16.2. The van der Waals surface area contributed by atoms with E-state index in [9.17, 15) is 4.39 Å². The van der Waals surface area contributed by atoms with Crippen molar-refractivity contribution in [3.8, 4) is 11.9 Å². The monoisotopic (exact) mass is 402 g/mol. The molecule has 28 heavy (non-hydrogen) atoms. The summed E-state index contributed by atoms with van der Waals surface area (Å²) in [7, 11) is 2.06. The first-order valence-electron chi connectivity index (χ1n) is 9.13. The van der Waals surface area contributed by atoms with Crippen molar-refractivity contribution >= 4 is 22.5 Å². The quantitative estimate of drug-likeness (QED) is 0.583. The van der Waals surface area contributed by atoms with Gasteiger partial charge >= 0.3 is 6.01 Å². The third-order valence-electron chi connectivity index (χ3n) is 4.88. The SMILES string of the molecule is CN1CCC[C@@H]1COc1nc(OCc2ccccc2)c2cnc(Cl)c(F)c2n1. The van der Waals surface area contributed by atoms with E-state index in [1.54, 1.807) is 0 Å². The first kappa shape index (κ1) is 18.8. The highest BCUT2D eigenvalue weighted by molar-refractivity contribution is 6.30. The molecule has 146 valence electrons. The number of benzene rings is 1. The number of likely N-dealkylation sites (N-methyl/N-ethyl adjacent to an activating group) is 1. The third kappa shape index (κ3) is 4.00. The minimum absolute atomic E-state index is 0.0350. The molecule has 1 aliphatic rings. The maximum Gasteiger partial charge on any atom is 0.320 e. The molecule has 1 aliphatic heterocycles. The molecule has 3 heterocycles. The molecular weight excluding hydrogens is 383 g/mol. The topological polar surface area (TPSA) is 60.4 Å². The maximum atomic E-state index is 14.5. The standard InChI is InChI=1S/C20H20ClFN4O2/c1-26-9-5-8-14(26)12-28-20-24-17-15(10-23-18(21)16(17)22)19(25-20)27-11-13-6-3-2-4-7-13/h2-4,6-7,10,14H,5,8-9,11-12H2,1H3/t14-/m1/s1. The van der Waals surface area contributed by atoms with Crippen molar-refractivity contribution < 1.29 is 13.9 Å². The number of likely N-dealkylation sites (tertiary alicyclic amines) is 1. The number of hydrogen-bond donors (Lipinski definition) is 0. The zero-order valence-electron chi connectivity index (χ0n) is 15.4. The van der Waals surface area contributed by atoms with E-state index in [1.807, 2.05) is 30.3 Å². The van der Waals surface area contributed by atoms with Crippen LogP contribution in [0.4, 0.5) is 4.39 Å². The van der Waals surface area contributed by atoms with Gasteiger partial charge in [0, 0.05) is 12.2 Å². The summed E-state index contributed by atoms with van der Waals surface area (Å²) in [5.41, 5.74) is 1.000. The van der Waals surface area contributed by atoms with Crippen LogP contribution in [0.15, 0.2) is 36.5 Å². The lowest BCUT2D eigenvalue weighted by molar-refractivity contribution is 0.185. The highest BCUT2D eigenvalue weighted by atomic mass is 35.5. The Labute approximate surface area is 167 Å². The summed E-state index contributed by atoms with van der Waals surface area (Å²) in [5.74, 6) is -0.499. The van der Waals surface area contributed by atoms with Crippen molar-refractivity contribution in [2.45, 2.75) is 25.5 Å². The average molecular weight is 403 g/mol. The molecule has 1 saturated heterocycles. The van der Waals surface area contributed by atoms with Crippen LogP contribution in [0.25, 0.3) is 10.9 Å². The van der Waals surface area contributed by atoms with Crippen LogP contribution in [-0.2, 0) is 6.61 Å². The van der Waals surface area contributed by atoms with Gasteiger partial charge < -0.3 is 14.4 Å². The van der Waals surface area contributed by atoms with Crippen molar-refractivity contribution in [3.05, 3.63) is 53.1 Å². The van der Waals surface area contributed by atoms with Crippen molar-refractivity contribution in [3.63, 3.8) is 0 Å². The molecule has 2 aromatic heterocycles. The van der Waals surface area contributed by atoms with Crippen LogP contribution in [-0.4, -0.2) is 46.1 Å². The number of aromatic nitrogens is 3. The number of fused-ring (bicyclic) bond motifs is 1. The molecule has 0 radical (unpaired) electrons. The van der Waals surface area contributed by atoms with E-state index in [-0.39, 0.29) is 29.2 Å². The van der Waals surface area contributed by atoms with Gasteiger partial charge in [0.2, 0.25) is 5.88 Å². The summed E-state index contributed by atoms with van der Waals surface area (Å²) in [6, 6.07) is 10.0. The second kappa shape index (κ2) is 8.24. The Balaban J connectivity index is 1.62. The van der Waals surface area contributed by atoms with E-state index in [4.69, 9.17) is 21.1 Å². The summed E-state index contributed by atoms with van der Waals surface area (Å²) in [5, 5.41) is 0.102. The lowest BCUT2D eigenvalue weighted by atomic mass is 10.2. The van der Waals surface area contributed by atoms with Gasteiger partial charge in [-0.2, -0.15) is 9.97 Å². The van der Waals surface area contributed by atoms with Gasteiger partial charge in [0.25, 0.3) is 0 Å². The van der Waals surface area contributed by atoms with E-state index in [0.29, 0.717) is 18.0 Å². The van der Waals surface area contributed by atoms with Gasteiger partial charge in [-0.15, -0.1) is 0 Å². The van der Waals surface area contributed by atoms with Gasteiger partial charge in [-0.1, -0.05) is 41.9 Å². The fourth-order valence-electron chi connectivity index (χ4n) is 3.25. The van der Waals surface area contributed by atoms with Crippen LogP contribution >= 0.6 is 11.6 Å². The highest BCUT2D eigenvalue weighted by Crippen LogP contribution is 2.29. The summed E-state index contributed by atoms with van der Waals surface area (Å²) >= 11 is 5.83. The van der Waals surface area contributed by atoms with Crippen LogP contribution < -0.4 is 9.47 Å². The molecule has 1 fully saturated rings. The molecule has 0 saturated carbocycles. The minimum atomic E-state index is -0.714. The van der Waals surface area contributed by atoms with Gasteiger partial charge in [-0.3, -0.25) is 0 Å². The summed E-state index contributed by atoms with van der Waals surface area (Å²) in [6.07, 6.45) is 3.59. The molecule has 8 heteroatoms. The van der Waals surface area contributed by atoms with Crippen LogP contribution in [0.1, 0.15) is 18.4 Å². The fraction of sp³-hybridized carbons (Fsp3) is 0.350. The van der Waals surface area contributed by atoms with Crippen molar-refractivity contribution in [2.24, 2.45) is 0 Å². The maximum absolute atomic E-state index is 14.5. The molecule has 6 nitrogen and oxygen atoms in total.